The topological polar surface area (TPSA) is 139 Å². The molecule has 2 aromatic heterocycles. The van der Waals surface area contributed by atoms with Crippen molar-refractivity contribution in [2.75, 3.05) is 11.9 Å². The maximum atomic E-state index is 13.1. The predicted octanol–water partition coefficient (Wildman–Crippen LogP) is 1.67. The van der Waals surface area contributed by atoms with Gasteiger partial charge in [0.1, 0.15) is 11.9 Å². The number of nitrogens with zero attached hydrogens (tertiary/aromatic N) is 2. The number of ether oxygens (including phenoxy) is 2. The molecule has 1 saturated heterocycles. The highest BCUT2D eigenvalue weighted by Crippen LogP contribution is 2.26. The number of hydrogen-bond donors (Lipinski definition) is 3. The Labute approximate surface area is 191 Å². The molecule has 10 nitrogen and oxygen atoms in total. The van der Waals surface area contributed by atoms with Crippen LogP contribution in [0.25, 0.3) is 11.3 Å². The van der Waals surface area contributed by atoms with Gasteiger partial charge in [-0.2, -0.15) is 0 Å². The highest BCUT2D eigenvalue weighted by atomic mass is 32.1. The molecule has 0 saturated carbocycles. The van der Waals surface area contributed by atoms with Gasteiger partial charge in [0.25, 0.3) is 5.91 Å². The molecule has 33 heavy (non-hydrogen) atoms. The summed E-state index contributed by atoms with van der Waals surface area (Å²) in [6.07, 6.45) is 1.15. The van der Waals surface area contributed by atoms with E-state index in [4.69, 9.17) is 9.47 Å². The first kappa shape index (κ1) is 22.6. The van der Waals surface area contributed by atoms with Crippen LogP contribution < -0.4 is 10.6 Å². The zero-order valence-corrected chi connectivity index (χ0v) is 18.2. The molecule has 3 heterocycles. The number of anilines is 1. The molecule has 0 spiro atoms. The van der Waals surface area contributed by atoms with Gasteiger partial charge in [-0.05, 0) is 31.2 Å². The molecule has 0 bridgehead atoms. The third kappa shape index (κ3) is 5.59. The molecule has 0 radical (unpaired) electrons. The fourth-order valence-electron chi connectivity index (χ4n) is 3.07. The summed E-state index contributed by atoms with van der Waals surface area (Å²) < 4.78 is 23.1. The minimum absolute atomic E-state index is 0.130. The van der Waals surface area contributed by atoms with E-state index < -0.39 is 36.0 Å². The Bertz CT molecular complexity index is 1130. The van der Waals surface area contributed by atoms with E-state index >= 15 is 0 Å². The number of H-pyrrole nitrogens is 1. The minimum atomic E-state index is -1.01. The zero-order valence-electron chi connectivity index (χ0n) is 17.4. The lowest BCUT2D eigenvalue weighted by Gasteiger charge is -2.16. The third-order valence-electron chi connectivity index (χ3n) is 4.76. The molecule has 3 N–H and O–H groups in total. The van der Waals surface area contributed by atoms with Gasteiger partial charge in [0.2, 0.25) is 5.91 Å². The second-order valence-electron chi connectivity index (χ2n) is 7.11. The summed E-state index contributed by atoms with van der Waals surface area (Å²) in [5, 5.41) is 7.35. The Balaban J connectivity index is 1.42. The Hall–Kier alpha value is -3.64. The molecule has 1 fully saturated rings. The first-order valence-corrected chi connectivity index (χ1v) is 10.9. The van der Waals surface area contributed by atoms with Crippen LogP contribution in [0.2, 0.25) is 0 Å². The van der Waals surface area contributed by atoms with Crippen molar-refractivity contribution in [2.24, 2.45) is 0 Å². The number of epoxide rings is 1. The number of halogens is 1. The first-order chi connectivity index (χ1) is 15.9. The molecular formula is C21H20FN5O5S. The Morgan fingerprint density at radius 2 is 2.06 bits per heavy atom. The SMILES string of the molecule is CCOC(=O)[C@H]1O[C@@H]1C(=O)NC(Cc1cnc[nH]1)C(=O)Nc1nc(-c2ccc(F)cc2)cs1. The summed E-state index contributed by atoms with van der Waals surface area (Å²) in [5.74, 6) is -2.08. The van der Waals surface area contributed by atoms with Crippen molar-refractivity contribution in [1.82, 2.24) is 20.3 Å². The molecule has 3 atom stereocenters. The summed E-state index contributed by atoms with van der Waals surface area (Å²) in [7, 11) is 0. The van der Waals surface area contributed by atoms with Crippen LogP contribution in [-0.4, -0.2) is 57.6 Å². The molecule has 0 aliphatic carbocycles. The van der Waals surface area contributed by atoms with E-state index in [9.17, 15) is 18.8 Å². The van der Waals surface area contributed by atoms with Crippen LogP contribution in [0.5, 0.6) is 0 Å². The first-order valence-electron chi connectivity index (χ1n) is 10.1. The maximum Gasteiger partial charge on any atom is 0.338 e. The Morgan fingerprint density at radius 3 is 2.76 bits per heavy atom. The second kappa shape index (κ2) is 9.88. The summed E-state index contributed by atoms with van der Waals surface area (Å²) >= 11 is 1.19. The highest BCUT2D eigenvalue weighted by Gasteiger charge is 2.52. The van der Waals surface area contributed by atoms with E-state index in [-0.39, 0.29) is 18.8 Å². The van der Waals surface area contributed by atoms with Crippen molar-refractivity contribution in [2.45, 2.75) is 31.6 Å². The van der Waals surface area contributed by atoms with E-state index in [1.165, 1.54) is 36.0 Å². The number of amides is 2. The number of hydrogen-bond acceptors (Lipinski definition) is 8. The van der Waals surface area contributed by atoms with Crippen molar-refractivity contribution < 1.29 is 28.2 Å². The summed E-state index contributed by atoms with van der Waals surface area (Å²) in [6.45, 7) is 1.83. The van der Waals surface area contributed by atoms with Gasteiger partial charge in [0, 0.05) is 29.3 Å². The largest absolute Gasteiger partial charge is 0.464 e. The fourth-order valence-corrected chi connectivity index (χ4v) is 3.79. The molecular weight excluding hydrogens is 453 g/mol. The minimum Gasteiger partial charge on any atom is -0.464 e. The lowest BCUT2D eigenvalue weighted by atomic mass is 10.1. The number of benzene rings is 1. The van der Waals surface area contributed by atoms with E-state index in [1.54, 1.807) is 24.4 Å². The normalized spacial score (nSPS) is 17.8. The quantitative estimate of drug-likeness (QED) is 0.317. The summed E-state index contributed by atoms with van der Waals surface area (Å²) in [6, 6.07) is 4.85. The molecule has 172 valence electrons. The maximum absolute atomic E-state index is 13.1. The van der Waals surface area contributed by atoms with Gasteiger partial charge in [-0.3, -0.25) is 9.59 Å². The van der Waals surface area contributed by atoms with Crippen molar-refractivity contribution in [3.63, 3.8) is 0 Å². The van der Waals surface area contributed by atoms with Crippen LogP contribution in [0.1, 0.15) is 12.6 Å². The number of rotatable bonds is 9. The lowest BCUT2D eigenvalue weighted by molar-refractivity contribution is -0.144. The molecule has 1 aliphatic rings. The average molecular weight is 473 g/mol. The number of carbonyl (C=O) groups is 3. The average Bonchev–Trinajstić information content (AvgIpc) is 3.19. The number of carbonyl (C=O) groups excluding carboxylic acids is 3. The predicted molar refractivity (Wildman–Crippen MR) is 116 cm³/mol. The lowest BCUT2D eigenvalue weighted by Crippen LogP contribution is -2.47. The molecule has 1 aromatic carbocycles. The fraction of sp³-hybridized carbons (Fsp3) is 0.286. The van der Waals surface area contributed by atoms with Gasteiger partial charge in [0.15, 0.2) is 17.3 Å². The second-order valence-corrected chi connectivity index (χ2v) is 7.96. The van der Waals surface area contributed by atoms with Crippen molar-refractivity contribution in [1.29, 1.82) is 0 Å². The highest BCUT2D eigenvalue weighted by molar-refractivity contribution is 7.14. The standard InChI is InChI=1S/C21H20FN5O5S/c1-2-31-20(30)17-16(32-17)19(29)25-14(7-13-8-23-10-24-13)18(28)27-21-26-15(9-33-21)11-3-5-12(22)6-4-11/h3-6,8-10,14,16-17H,2,7H2,1H3,(H,23,24)(H,25,29)(H,26,27,28)/t14?,16-,17-/m0/s1. The van der Waals surface area contributed by atoms with Crippen LogP contribution in [0, 0.1) is 5.82 Å². The van der Waals surface area contributed by atoms with Gasteiger partial charge in [-0.15, -0.1) is 11.3 Å². The molecule has 3 aromatic rings. The van der Waals surface area contributed by atoms with Crippen molar-refractivity contribution in [3.8, 4) is 11.3 Å². The number of esters is 1. The van der Waals surface area contributed by atoms with Crippen LogP contribution in [0.15, 0.2) is 42.2 Å². The molecule has 2 amide bonds. The van der Waals surface area contributed by atoms with Crippen LogP contribution in [-0.2, 0) is 30.3 Å². The van der Waals surface area contributed by atoms with E-state index in [0.29, 0.717) is 22.1 Å². The molecule has 1 aliphatic heterocycles. The Morgan fingerprint density at radius 1 is 1.27 bits per heavy atom. The van der Waals surface area contributed by atoms with Gasteiger partial charge in [-0.1, -0.05) is 0 Å². The van der Waals surface area contributed by atoms with E-state index in [2.05, 4.69) is 25.6 Å². The Kier molecular flexibility index (Phi) is 6.75. The summed E-state index contributed by atoms with van der Waals surface area (Å²) in [5.41, 5.74) is 1.90. The third-order valence-corrected chi connectivity index (χ3v) is 5.51. The number of aromatic amines is 1. The van der Waals surface area contributed by atoms with Crippen LogP contribution >= 0.6 is 11.3 Å². The van der Waals surface area contributed by atoms with Crippen molar-refractivity contribution >= 4 is 34.3 Å². The molecule has 1 unspecified atom stereocenters. The molecule has 4 rings (SSSR count). The monoisotopic (exact) mass is 473 g/mol. The van der Waals surface area contributed by atoms with Gasteiger partial charge < -0.3 is 25.1 Å². The number of imidazole rings is 1. The van der Waals surface area contributed by atoms with Gasteiger partial charge >= 0.3 is 5.97 Å². The smallest absolute Gasteiger partial charge is 0.338 e. The molecule has 12 heteroatoms. The zero-order chi connectivity index (χ0) is 23.4. The number of aromatic nitrogens is 3. The van der Waals surface area contributed by atoms with Crippen LogP contribution in [0.4, 0.5) is 9.52 Å². The van der Waals surface area contributed by atoms with E-state index in [0.717, 1.165) is 0 Å². The van der Waals surface area contributed by atoms with E-state index in [1.807, 2.05) is 0 Å². The number of thiazole rings is 1. The van der Waals surface area contributed by atoms with Gasteiger partial charge in [0.05, 0.1) is 18.6 Å². The van der Waals surface area contributed by atoms with Gasteiger partial charge in [-0.25, -0.2) is 19.2 Å². The van der Waals surface area contributed by atoms with Crippen molar-refractivity contribution in [3.05, 3.63) is 53.7 Å². The number of nitrogens with one attached hydrogen (secondary N) is 3. The summed E-state index contributed by atoms with van der Waals surface area (Å²) in [4.78, 5) is 48.4. The van der Waals surface area contributed by atoms with Crippen LogP contribution in [0.3, 0.4) is 0 Å².